The third-order valence-corrected chi connectivity index (χ3v) is 2.25. The quantitative estimate of drug-likeness (QED) is 0.755. The number of aryl methyl sites for hydroxylation is 1. The number of hydrogen-bond acceptors (Lipinski definition) is 2. The lowest BCUT2D eigenvalue weighted by molar-refractivity contribution is -0.137. The molecule has 0 fully saturated rings. The van der Waals surface area contributed by atoms with Gasteiger partial charge in [0.1, 0.15) is 0 Å². The van der Waals surface area contributed by atoms with Crippen molar-refractivity contribution in [2.24, 2.45) is 0 Å². The molecule has 0 spiro atoms. The summed E-state index contributed by atoms with van der Waals surface area (Å²) in [5, 5.41) is 8.63. The van der Waals surface area contributed by atoms with Crippen molar-refractivity contribution in [1.29, 1.82) is 0 Å². The molecule has 0 amide bonds. The molecule has 0 bridgehead atoms. The van der Waals surface area contributed by atoms with Crippen LogP contribution in [0.3, 0.4) is 0 Å². The highest BCUT2D eigenvalue weighted by atomic mass is 35.5. The Morgan fingerprint density at radius 2 is 2.07 bits per heavy atom. The van der Waals surface area contributed by atoms with Crippen LogP contribution in [0.25, 0.3) is 0 Å². The third kappa shape index (κ3) is 3.01. The molecule has 1 aromatic rings. The molecule has 1 unspecified atom stereocenters. The number of carboxylic acid groups (broad SMARTS) is 1. The predicted octanol–water partition coefficient (Wildman–Crippen LogP) is 2.25. The molecule has 0 aliphatic heterocycles. The molecule has 0 saturated heterocycles. The molecule has 0 radical (unpaired) electrons. The highest BCUT2D eigenvalue weighted by molar-refractivity contribution is 6.13. The summed E-state index contributed by atoms with van der Waals surface area (Å²) >= 11 is 5.47. The van der Waals surface area contributed by atoms with Gasteiger partial charge in [-0.15, -0.1) is 0 Å². The zero-order chi connectivity index (χ0) is 10.6. The monoisotopic (exact) mass is 213 g/mol. The van der Waals surface area contributed by atoms with E-state index in [4.69, 9.17) is 16.9 Å². The third-order valence-electron chi connectivity index (χ3n) is 1.99. The van der Waals surface area contributed by atoms with E-state index in [1.807, 2.05) is 31.2 Å². The average molecular weight is 214 g/mol. The summed E-state index contributed by atoms with van der Waals surface area (Å²) in [5.74, 6) is -0.872. The molecule has 2 N–H and O–H groups in total. The first kappa shape index (κ1) is 11.0. The maximum Gasteiger partial charge on any atom is 0.305 e. The molecule has 3 nitrogen and oxygen atoms in total. The van der Waals surface area contributed by atoms with Gasteiger partial charge in [-0.3, -0.25) is 4.79 Å². The van der Waals surface area contributed by atoms with E-state index in [2.05, 4.69) is 4.84 Å². The number of benzene rings is 1. The van der Waals surface area contributed by atoms with E-state index in [0.717, 1.165) is 11.1 Å². The summed E-state index contributed by atoms with van der Waals surface area (Å²) < 4.78 is 0. The Bertz CT molecular complexity index is 310. The van der Waals surface area contributed by atoms with E-state index in [9.17, 15) is 4.79 Å². The number of carboxylic acids is 1. The van der Waals surface area contributed by atoms with E-state index in [1.54, 1.807) is 0 Å². The van der Waals surface area contributed by atoms with E-state index in [-0.39, 0.29) is 12.5 Å². The lowest BCUT2D eigenvalue weighted by Crippen LogP contribution is -2.15. The summed E-state index contributed by atoms with van der Waals surface area (Å²) in [5.41, 5.74) is 2.02. The average Bonchev–Trinajstić information content (AvgIpc) is 2.15. The summed E-state index contributed by atoms with van der Waals surface area (Å²) in [7, 11) is 0. The maximum absolute atomic E-state index is 10.5. The van der Waals surface area contributed by atoms with Crippen LogP contribution in [0, 0.1) is 6.92 Å². The van der Waals surface area contributed by atoms with Crippen LogP contribution in [-0.4, -0.2) is 11.1 Å². The van der Waals surface area contributed by atoms with Gasteiger partial charge in [-0.05, 0) is 24.3 Å². The number of hydrogen-bond donors (Lipinski definition) is 2. The van der Waals surface area contributed by atoms with Gasteiger partial charge in [0.15, 0.2) is 0 Å². The van der Waals surface area contributed by atoms with Gasteiger partial charge in [-0.25, -0.2) is 4.84 Å². The molecule has 0 saturated carbocycles. The van der Waals surface area contributed by atoms with Crippen molar-refractivity contribution in [2.75, 3.05) is 0 Å². The molecule has 0 aliphatic carbocycles. The van der Waals surface area contributed by atoms with Crippen LogP contribution in [0.2, 0.25) is 0 Å². The second-order valence-electron chi connectivity index (χ2n) is 3.17. The van der Waals surface area contributed by atoms with Crippen LogP contribution >= 0.6 is 11.8 Å². The first-order valence-electron chi connectivity index (χ1n) is 4.28. The fraction of sp³-hybridized carbons (Fsp3) is 0.300. The van der Waals surface area contributed by atoms with Gasteiger partial charge in [-0.2, -0.15) is 0 Å². The lowest BCUT2D eigenvalue weighted by atomic mass is 10.0. The molecule has 14 heavy (non-hydrogen) atoms. The van der Waals surface area contributed by atoms with Gasteiger partial charge in [0.05, 0.1) is 12.5 Å². The Balaban J connectivity index is 2.78. The van der Waals surface area contributed by atoms with Crippen molar-refractivity contribution in [3.05, 3.63) is 35.4 Å². The number of nitrogens with one attached hydrogen (secondary N) is 1. The minimum atomic E-state index is -0.872. The molecule has 4 heteroatoms. The molecule has 0 aliphatic rings. The number of aliphatic carboxylic acids is 1. The number of rotatable bonds is 4. The largest absolute Gasteiger partial charge is 0.481 e. The standard InChI is InChI=1S/C10H12ClNO2/c1-7-2-4-8(5-3-7)9(12-11)6-10(13)14/h2-5,9,12H,6H2,1H3,(H,13,14). The molecular formula is C10H12ClNO2. The van der Waals surface area contributed by atoms with Gasteiger partial charge in [-0.1, -0.05) is 29.8 Å². The van der Waals surface area contributed by atoms with Gasteiger partial charge < -0.3 is 5.11 Å². The zero-order valence-corrected chi connectivity index (χ0v) is 8.58. The van der Waals surface area contributed by atoms with Crippen molar-refractivity contribution < 1.29 is 9.90 Å². The van der Waals surface area contributed by atoms with Crippen LogP contribution in [0.1, 0.15) is 23.6 Å². The van der Waals surface area contributed by atoms with Gasteiger partial charge in [0.25, 0.3) is 0 Å². The predicted molar refractivity (Wildman–Crippen MR) is 55.2 cm³/mol. The van der Waals surface area contributed by atoms with Crippen LogP contribution in [0.15, 0.2) is 24.3 Å². The Kier molecular flexibility index (Phi) is 3.92. The first-order valence-corrected chi connectivity index (χ1v) is 4.66. The van der Waals surface area contributed by atoms with Crippen molar-refractivity contribution in [1.82, 2.24) is 4.84 Å². The topological polar surface area (TPSA) is 49.3 Å². The highest BCUT2D eigenvalue weighted by Gasteiger charge is 2.13. The molecule has 1 aromatic carbocycles. The van der Waals surface area contributed by atoms with Crippen LogP contribution in [0.4, 0.5) is 0 Å². The molecule has 0 aromatic heterocycles. The maximum atomic E-state index is 10.5. The molecule has 1 rings (SSSR count). The van der Waals surface area contributed by atoms with Gasteiger partial charge >= 0.3 is 5.97 Å². The molecule has 1 atom stereocenters. The van der Waals surface area contributed by atoms with Crippen molar-refractivity contribution in [2.45, 2.75) is 19.4 Å². The van der Waals surface area contributed by atoms with Crippen molar-refractivity contribution in [3.8, 4) is 0 Å². The molecular weight excluding hydrogens is 202 g/mol. The lowest BCUT2D eigenvalue weighted by Gasteiger charge is -2.12. The fourth-order valence-electron chi connectivity index (χ4n) is 1.19. The second kappa shape index (κ2) is 4.98. The zero-order valence-electron chi connectivity index (χ0n) is 7.83. The van der Waals surface area contributed by atoms with Crippen LogP contribution in [-0.2, 0) is 4.79 Å². The normalized spacial score (nSPS) is 12.4. The summed E-state index contributed by atoms with van der Waals surface area (Å²) in [4.78, 5) is 13.0. The van der Waals surface area contributed by atoms with Crippen molar-refractivity contribution >= 4 is 17.7 Å². The van der Waals surface area contributed by atoms with Gasteiger partial charge in [0.2, 0.25) is 0 Å². The Labute approximate surface area is 87.8 Å². The minimum absolute atomic E-state index is 0.0213. The van der Waals surface area contributed by atoms with E-state index in [1.165, 1.54) is 0 Å². The van der Waals surface area contributed by atoms with Crippen molar-refractivity contribution in [3.63, 3.8) is 0 Å². The summed E-state index contributed by atoms with van der Waals surface area (Å²) in [6, 6.07) is 7.27. The first-order chi connectivity index (χ1) is 6.63. The molecule has 0 heterocycles. The Morgan fingerprint density at radius 1 is 1.50 bits per heavy atom. The highest BCUT2D eigenvalue weighted by Crippen LogP contribution is 2.17. The van der Waals surface area contributed by atoms with E-state index in [0.29, 0.717) is 0 Å². The van der Waals surface area contributed by atoms with Gasteiger partial charge in [0, 0.05) is 0 Å². The summed E-state index contributed by atoms with van der Waals surface area (Å²) in [6.07, 6.45) is -0.0213. The Hall–Kier alpha value is -1.06. The minimum Gasteiger partial charge on any atom is -0.481 e. The smallest absolute Gasteiger partial charge is 0.305 e. The SMILES string of the molecule is Cc1ccc(C(CC(=O)O)NCl)cc1. The molecule has 76 valence electrons. The van der Waals surface area contributed by atoms with Crippen LogP contribution in [0.5, 0.6) is 0 Å². The summed E-state index contributed by atoms with van der Waals surface area (Å²) in [6.45, 7) is 1.98. The second-order valence-corrected chi connectivity index (χ2v) is 3.39. The number of halogens is 1. The Morgan fingerprint density at radius 3 is 2.50 bits per heavy atom. The number of carbonyl (C=O) groups is 1. The van der Waals surface area contributed by atoms with E-state index < -0.39 is 5.97 Å². The van der Waals surface area contributed by atoms with Crippen LogP contribution < -0.4 is 4.84 Å². The van der Waals surface area contributed by atoms with E-state index >= 15 is 0 Å². The fourth-order valence-corrected chi connectivity index (χ4v) is 1.40.